The van der Waals surface area contributed by atoms with Gasteiger partial charge in [-0.1, -0.05) is 26.2 Å². The normalized spacial score (nSPS) is 18.5. The Morgan fingerprint density at radius 2 is 2.13 bits per heavy atom. The molecule has 2 rings (SSSR count). The molecule has 15 heavy (non-hydrogen) atoms. The number of rotatable bonds is 5. The van der Waals surface area contributed by atoms with Gasteiger partial charge >= 0.3 is 0 Å². The van der Waals surface area contributed by atoms with Crippen LogP contribution in [0.4, 0.5) is 0 Å². The average molecular weight is 205 g/mol. The predicted octanol–water partition coefficient (Wildman–Crippen LogP) is 2.32. The Kier molecular flexibility index (Phi) is 3.67. The van der Waals surface area contributed by atoms with Gasteiger partial charge in [0.15, 0.2) is 0 Å². The zero-order valence-corrected chi connectivity index (χ0v) is 9.32. The molecular weight excluding hydrogens is 186 g/mol. The van der Waals surface area contributed by atoms with Crippen LogP contribution in [0.25, 0.3) is 0 Å². The van der Waals surface area contributed by atoms with Crippen LogP contribution in [-0.4, -0.2) is 16.5 Å². The third-order valence-corrected chi connectivity index (χ3v) is 3.23. The maximum Gasteiger partial charge on any atom is 0.115 e. The highest BCUT2D eigenvalue weighted by Gasteiger charge is 2.22. The predicted molar refractivity (Wildman–Crippen MR) is 60.4 cm³/mol. The van der Waals surface area contributed by atoms with Crippen molar-refractivity contribution in [1.29, 1.82) is 0 Å². The lowest BCUT2D eigenvalue weighted by molar-refractivity contribution is 0.262. The Hall–Kier alpha value is -0.960. The Labute approximate surface area is 91.3 Å². The van der Waals surface area contributed by atoms with Crippen LogP contribution >= 0.6 is 0 Å². The van der Waals surface area contributed by atoms with Crippen molar-refractivity contribution in [3.8, 4) is 0 Å². The summed E-state index contributed by atoms with van der Waals surface area (Å²) in [6, 6.07) is 0.446. The first-order valence-electron chi connectivity index (χ1n) is 5.88. The molecule has 1 aliphatic carbocycles. The Morgan fingerprint density at radius 3 is 2.67 bits per heavy atom. The van der Waals surface area contributed by atoms with Crippen molar-refractivity contribution in [2.24, 2.45) is 5.92 Å². The van der Waals surface area contributed by atoms with E-state index in [9.17, 15) is 0 Å². The molecule has 1 atom stereocenters. The van der Waals surface area contributed by atoms with E-state index < -0.39 is 0 Å². The van der Waals surface area contributed by atoms with Crippen molar-refractivity contribution in [2.75, 3.05) is 6.54 Å². The lowest BCUT2D eigenvalue weighted by Crippen LogP contribution is -2.26. The van der Waals surface area contributed by atoms with E-state index >= 15 is 0 Å². The fourth-order valence-corrected chi connectivity index (χ4v) is 2.14. The molecule has 0 saturated heterocycles. The van der Waals surface area contributed by atoms with Crippen LogP contribution < -0.4 is 5.32 Å². The Morgan fingerprint density at radius 1 is 1.40 bits per heavy atom. The van der Waals surface area contributed by atoms with Crippen LogP contribution in [0, 0.1) is 5.92 Å². The molecule has 1 N–H and O–H groups in total. The molecule has 0 spiro atoms. The third-order valence-electron chi connectivity index (χ3n) is 3.23. The summed E-state index contributed by atoms with van der Waals surface area (Å²) >= 11 is 0. The summed E-state index contributed by atoms with van der Waals surface area (Å²) in [6.45, 7) is 3.16. The van der Waals surface area contributed by atoms with Gasteiger partial charge in [0.25, 0.3) is 0 Å². The van der Waals surface area contributed by atoms with E-state index in [-0.39, 0.29) is 0 Å². The summed E-state index contributed by atoms with van der Waals surface area (Å²) in [6.07, 6.45) is 10.9. The molecule has 0 amide bonds. The molecule has 3 heteroatoms. The second kappa shape index (κ2) is 5.21. The molecule has 0 aliphatic heterocycles. The quantitative estimate of drug-likeness (QED) is 0.801. The summed E-state index contributed by atoms with van der Waals surface area (Å²) in [5, 5.41) is 3.52. The minimum atomic E-state index is 0.446. The van der Waals surface area contributed by atoms with Crippen LogP contribution in [0.5, 0.6) is 0 Å². The van der Waals surface area contributed by atoms with Gasteiger partial charge in [-0.2, -0.15) is 0 Å². The SMILES string of the molecule is CCNC(CC1CCC1)c1cncnc1. The summed E-state index contributed by atoms with van der Waals surface area (Å²) in [5.41, 5.74) is 1.23. The van der Waals surface area contributed by atoms with E-state index in [1.54, 1.807) is 6.33 Å². The van der Waals surface area contributed by atoms with Crippen LogP contribution in [-0.2, 0) is 0 Å². The molecule has 0 radical (unpaired) electrons. The molecular formula is C12H19N3. The first-order valence-corrected chi connectivity index (χ1v) is 5.88. The van der Waals surface area contributed by atoms with Crippen molar-refractivity contribution >= 4 is 0 Å². The topological polar surface area (TPSA) is 37.8 Å². The molecule has 0 bridgehead atoms. The summed E-state index contributed by atoms with van der Waals surface area (Å²) in [5.74, 6) is 0.911. The highest BCUT2D eigenvalue weighted by atomic mass is 14.9. The first kappa shape index (κ1) is 10.6. The van der Waals surface area contributed by atoms with Gasteiger partial charge in [0.05, 0.1) is 0 Å². The second-order valence-corrected chi connectivity index (χ2v) is 4.31. The Balaban J connectivity index is 1.98. The molecule has 1 fully saturated rings. The van der Waals surface area contributed by atoms with E-state index in [1.807, 2.05) is 12.4 Å². The van der Waals surface area contributed by atoms with Gasteiger partial charge in [-0.15, -0.1) is 0 Å². The standard InChI is InChI=1S/C12H19N3/c1-2-15-12(6-10-4-3-5-10)11-7-13-9-14-8-11/h7-10,12,15H,2-6H2,1H3. The minimum Gasteiger partial charge on any atom is -0.310 e. The number of hydrogen-bond donors (Lipinski definition) is 1. The largest absolute Gasteiger partial charge is 0.310 e. The molecule has 1 aromatic heterocycles. The van der Waals surface area contributed by atoms with Crippen molar-refractivity contribution in [3.05, 3.63) is 24.3 Å². The molecule has 1 aromatic rings. The van der Waals surface area contributed by atoms with Gasteiger partial charge in [-0.05, 0) is 18.9 Å². The van der Waals surface area contributed by atoms with Gasteiger partial charge < -0.3 is 5.32 Å². The smallest absolute Gasteiger partial charge is 0.115 e. The highest BCUT2D eigenvalue weighted by Crippen LogP contribution is 2.34. The zero-order chi connectivity index (χ0) is 10.5. The highest BCUT2D eigenvalue weighted by molar-refractivity contribution is 5.09. The van der Waals surface area contributed by atoms with E-state index in [4.69, 9.17) is 0 Å². The van der Waals surface area contributed by atoms with Gasteiger partial charge in [0.1, 0.15) is 6.33 Å². The van der Waals surface area contributed by atoms with E-state index in [1.165, 1.54) is 31.2 Å². The molecule has 1 heterocycles. The second-order valence-electron chi connectivity index (χ2n) is 4.31. The van der Waals surface area contributed by atoms with Gasteiger partial charge in [-0.25, -0.2) is 9.97 Å². The molecule has 0 aromatic carbocycles. The summed E-state index contributed by atoms with van der Waals surface area (Å²) < 4.78 is 0. The molecule has 82 valence electrons. The van der Waals surface area contributed by atoms with Crippen molar-refractivity contribution < 1.29 is 0 Å². The zero-order valence-electron chi connectivity index (χ0n) is 9.32. The number of aromatic nitrogens is 2. The van der Waals surface area contributed by atoms with E-state index in [0.29, 0.717) is 6.04 Å². The lowest BCUT2D eigenvalue weighted by atomic mass is 9.80. The number of nitrogens with one attached hydrogen (secondary N) is 1. The molecule has 1 unspecified atom stereocenters. The molecule has 3 nitrogen and oxygen atoms in total. The monoisotopic (exact) mass is 205 g/mol. The van der Waals surface area contributed by atoms with E-state index in [2.05, 4.69) is 22.2 Å². The van der Waals surface area contributed by atoms with Gasteiger partial charge in [0.2, 0.25) is 0 Å². The van der Waals surface area contributed by atoms with Crippen LogP contribution in [0.1, 0.15) is 44.2 Å². The van der Waals surface area contributed by atoms with Crippen molar-refractivity contribution in [1.82, 2.24) is 15.3 Å². The van der Waals surface area contributed by atoms with Gasteiger partial charge in [0, 0.05) is 24.0 Å². The average Bonchev–Trinajstić information content (AvgIpc) is 2.23. The van der Waals surface area contributed by atoms with Gasteiger partial charge in [-0.3, -0.25) is 0 Å². The van der Waals surface area contributed by atoms with Crippen LogP contribution in [0.15, 0.2) is 18.7 Å². The van der Waals surface area contributed by atoms with Crippen LogP contribution in [0.2, 0.25) is 0 Å². The minimum absolute atomic E-state index is 0.446. The van der Waals surface area contributed by atoms with Crippen molar-refractivity contribution in [3.63, 3.8) is 0 Å². The fraction of sp³-hybridized carbons (Fsp3) is 0.667. The summed E-state index contributed by atoms with van der Waals surface area (Å²) in [7, 11) is 0. The number of hydrogen-bond acceptors (Lipinski definition) is 3. The maximum atomic E-state index is 4.09. The summed E-state index contributed by atoms with van der Waals surface area (Å²) in [4.78, 5) is 8.18. The number of nitrogens with zero attached hydrogens (tertiary/aromatic N) is 2. The molecule has 1 saturated carbocycles. The maximum absolute atomic E-state index is 4.09. The van der Waals surface area contributed by atoms with Crippen molar-refractivity contribution in [2.45, 2.75) is 38.6 Å². The Bertz CT molecular complexity index is 282. The van der Waals surface area contributed by atoms with Crippen LogP contribution in [0.3, 0.4) is 0 Å². The third kappa shape index (κ3) is 2.75. The first-order chi connectivity index (χ1) is 7.40. The lowest BCUT2D eigenvalue weighted by Gasteiger charge is -2.30. The fourth-order valence-electron chi connectivity index (χ4n) is 2.14. The molecule has 1 aliphatic rings. The van der Waals surface area contributed by atoms with E-state index in [0.717, 1.165) is 12.5 Å².